The van der Waals surface area contributed by atoms with Gasteiger partial charge in [0, 0.05) is 13.0 Å². The summed E-state index contributed by atoms with van der Waals surface area (Å²) in [5, 5.41) is 7.73. The lowest BCUT2D eigenvalue weighted by Gasteiger charge is -2.15. The van der Waals surface area contributed by atoms with Crippen LogP contribution in [0.1, 0.15) is 28.6 Å². The number of rotatable bonds is 5. The normalized spacial score (nSPS) is 14.2. The fourth-order valence-electron chi connectivity index (χ4n) is 2.47. The van der Waals surface area contributed by atoms with Gasteiger partial charge >= 0.3 is 0 Å². The molecule has 2 heterocycles. The van der Waals surface area contributed by atoms with Crippen molar-refractivity contribution in [3.05, 3.63) is 45.1 Å². The molecule has 1 aromatic heterocycles. The third-order valence-corrected chi connectivity index (χ3v) is 4.96. The molecule has 1 unspecified atom stereocenters. The lowest BCUT2D eigenvalue weighted by atomic mass is 10.2. The Hall–Kier alpha value is -2.25. The van der Waals surface area contributed by atoms with E-state index in [2.05, 4.69) is 10.6 Å². The lowest BCUT2D eigenvalue weighted by Crippen LogP contribution is -2.44. The quantitative estimate of drug-likeness (QED) is 0.817. The zero-order valence-electron chi connectivity index (χ0n) is 14.2. The number of halogens is 1. The largest absolute Gasteiger partial charge is 0.489 e. The van der Waals surface area contributed by atoms with Crippen LogP contribution in [0.3, 0.4) is 0 Å². The van der Waals surface area contributed by atoms with Gasteiger partial charge in [-0.15, -0.1) is 11.3 Å². The monoisotopic (exact) mass is 394 g/mol. The van der Waals surface area contributed by atoms with Gasteiger partial charge in [-0.05, 0) is 36.1 Å². The lowest BCUT2D eigenvalue weighted by molar-refractivity contribution is -0.122. The van der Waals surface area contributed by atoms with Crippen molar-refractivity contribution in [3.63, 3.8) is 0 Å². The second kappa shape index (κ2) is 8.42. The molecule has 2 amide bonds. The Labute approximate surface area is 160 Å². The van der Waals surface area contributed by atoms with Gasteiger partial charge in [0.05, 0.1) is 23.1 Å². The van der Waals surface area contributed by atoms with Gasteiger partial charge in [0.25, 0.3) is 5.91 Å². The number of fused-ring (bicyclic) bond motifs is 1. The highest BCUT2D eigenvalue weighted by Gasteiger charge is 2.19. The van der Waals surface area contributed by atoms with E-state index < -0.39 is 6.04 Å². The molecular formula is C18H19ClN2O4S. The molecule has 1 atom stereocenters. The third kappa shape index (κ3) is 4.47. The van der Waals surface area contributed by atoms with E-state index >= 15 is 0 Å². The molecule has 2 aromatic rings. The number of ether oxygens (including phenoxy) is 2. The first-order valence-electron chi connectivity index (χ1n) is 8.24. The Bertz CT molecular complexity index is 795. The summed E-state index contributed by atoms with van der Waals surface area (Å²) >= 11 is 7.58. The summed E-state index contributed by atoms with van der Waals surface area (Å²) in [7, 11) is 0. The molecule has 0 saturated heterocycles. The molecule has 3 rings (SSSR count). The maximum atomic E-state index is 12.2. The second-order valence-corrected chi connectivity index (χ2v) is 7.20. The number of carbonyl (C=O) groups is 2. The Balaban J connectivity index is 1.58. The Morgan fingerprint density at radius 2 is 2.12 bits per heavy atom. The predicted molar refractivity (Wildman–Crippen MR) is 100 cm³/mol. The topological polar surface area (TPSA) is 76.7 Å². The number of amides is 2. The summed E-state index contributed by atoms with van der Waals surface area (Å²) in [6, 6.07) is 6.40. The van der Waals surface area contributed by atoms with Gasteiger partial charge in [-0.3, -0.25) is 9.59 Å². The summed E-state index contributed by atoms with van der Waals surface area (Å²) in [5.74, 6) is 0.577. The molecule has 138 valence electrons. The first kappa shape index (κ1) is 18.5. The number of carbonyl (C=O) groups excluding carboxylic acids is 2. The average Bonchev–Trinajstić information content (AvgIpc) is 3.05. The van der Waals surface area contributed by atoms with Gasteiger partial charge in [0.15, 0.2) is 11.5 Å². The number of thiophene rings is 1. The minimum Gasteiger partial charge on any atom is -0.489 e. The highest BCUT2D eigenvalue weighted by molar-refractivity contribution is 7.12. The standard InChI is InChI=1S/C18H19ClN2O4S/c1-11(21-18(23)15-4-2-7-26-15)17(22)20-10-12-8-13(19)16-14(9-12)24-5-3-6-25-16/h2,4,7-9,11H,3,5-6,10H2,1H3,(H,20,22)(H,21,23). The zero-order chi connectivity index (χ0) is 18.5. The first-order chi connectivity index (χ1) is 12.5. The van der Waals surface area contributed by atoms with Crippen LogP contribution < -0.4 is 20.1 Å². The third-order valence-electron chi connectivity index (χ3n) is 3.81. The minimum atomic E-state index is -0.652. The van der Waals surface area contributed by atoms with Crippen LogP contribution in [0.15, 0.2) is 29.6 Å². The summed E-state index contributed by atoms with van der Waals surface area (Å²) in [6.45, 7) is 3.03. The highest BCUT2D eigenvalue weighted by atomic mass is 35.5. The maximum Gasteiger partial charge on any atom is 0.261 e. The zero-order valence-corrected chi connectivity index (χ0v) is 15.8. The van der Waals surface area contributed by atoms with Crippen molar-refractivity contribution in [2.45, 2.75) is 25.9 Å². The van der Waals surface area contributed by atoms with E-state index in [0.717, 1.165) is 12.0 Å². The van der Waals surface area contributed by atoms with Gasteiger partial charge in [0.1, 0.15) is 6.04 Å². The molecule has 26 heavy (non-hydrogen) atoms. The Morgan fingerprint density at radius 1 is 1.31 bits per heavy atom. The van der Waals surface area contributed by atoms with E-state index in [-0.39, 0.29) is 18.4 Å². The van der Waals surface area contributed by atoms with E-state index in [0.29, 0.717) is 34.6 Å². The van der Waals surface area contributed by atoms with Crippen LogP contribution in [0, 0.1) is 0 Å². The summed E-state index contributed by atoms with van der Waals surface area (Å²) in [6.07, 6.45) is 0.790. The molecule has 8 heteroatoms. The molecule has 0 bridgehead atoms. The van der Waals surface area contributed by atoms with Crippen molar-refractivity contribution in [1.29, 1.82) is 0 Å². The van der Waals surface area contributed by atoms with Crippen LogP contribution in [-0.4, -0.2) is 31.1 Å². The van der Waals surface area contributed by atoms with Gasteiger partial charge in [-0.25, -0.2) is 0 Å². The van der Waals surface area contributed by atoms with E-state index in [9.17, 15) is 9.59 Å². The van der Waals surface area contributed by atoms with Crippen LogP contribution in [0.5, 0.6) is 11.5 Å². The van der Waals surface area contributed by atoms with E-state index in [1.165, 1.54) is 11.3 Å². The highest BCUT2D eigenvalue weighted by Crippen LogP contribution is 2.37. The van der Waals surface area contributed by atoms with Gasteiger partial charge < -0.3 is 20.1 Å². The van der Waals surface area contributed by atoms with Crippen molar-refractivity contribution in [3.8, 4) is 11.5 Å². The summed E-state index contributed by atoms with van der Waals surface area (Å²) in [4.78, 5) is 24.8. The SMILES string of the molecule is CC(NC(=O)c1cccs1)C(=O)NCc1cc(Cl)c2c(c1)OCCCO2. The van der Waals surface area contributed by atoms with E-state index in [1.54, 1.807) is 25.1 Å². The number of nitrogens with one attached hydrogen (secondary N) is 2. The molecule has 2 N–H and O–H groups in total. The van der Waals surface area contributed by atoms with Crippen molar-refractivity contribution in [2.24, 2.45) is 0 Å². The first-order valence-corrected chi connectivity index (χ1v) is 9.50. The minimum absolute atomic E-state index is 0.263. The molecule has 1 aliphatic rings. The van der Waals surface area contributed by atoms with Crippen molar-refractivity contribution < 1.29 is 19.1 Å². The van der Waals surface area contributed by atoms with Gasteiger partial charge in [-0.2, -0.15) is 0 Å². The van der Waals surface area contributed by atoms with Crippen LogP contribution in [-0.2, 0) is 11.3 Å². The second-order valence-electron chi connectivity index (χ2n) is 5.85. The van der Waals surface area contributed by atoms with Crippen LogP contribution in [0.2, 0.25) is 5.02 Å². The fourth-order valence-corrected chi connectivity index (χ4v) is 3.38. The molecule has 1 aliphatic heterocycles. The molecule has 1 aromatic carbocycles. The van der Waals surface area contributed by atoms with E-state index in [4.69, 9.17) is 21.1 Å². The summed E-state index contributed by atoms with van der Waals surface area (Å²) < 4.78 is 11.2. The van der Waals surface area contributed by atoms with Crippen LogP contribution in [0.25, 0.3) is 0 Å². The van der Waals surface area contributed by atoms with Gasteiger partial charge in [0.2, 0.25) is 5.91 Å². The Kier molecular flexibility index (Phi) is 6.00. The average molecular weight is 395 g/mol. The molecule has 6 nitrogen and oxygen atoms in total. The molecule has 0 fully saturated rings. The fraction of sp³-hybridized carbons (Fsp3) is 0.333. The Morgan fingerprint density at radius 3 is 2.88 bits per heavy atom. The number of benzene rings is 1. The van der Waals surface area contributed by atoms with E-state index in [1.807, 2.05) is 11.4 Å². The van der Waals surface area contributed by atoms with Crippen LogP contribution in [0.4, 0.5) is 0 Å². The number of hydrogen-bond acceptors (Lipinski definition) is 5. The van der Waals surface area contributed by atoms with Gasteiger partial charge in [-0.1, -0.05) is 17.7 Å². The van der Waals surface area contributed by atoms with Crippen molar-refractivity contribution >= 4 is 34.8 Å². The molecule has 0 spiro atoms. The predicted octanol–water partition coefficient (Wildman–Crippen LogP) is 3.00. The molecular weight excluding hydrogens is 376 g/mol. The molecule has 0 aliphatic carbocycles. The van der Waals surface area contributed by atoms with Crippen molar-refractivity contribution in [2.75, 3.05) is 13.2 Å². The maximum absolute atomic E-state index is 12.2. The number of hydrogen-bond donors (Lipinski definition) is 2. The molecule has 0 saturated carbocycles. The molecule has 0 radical (unpaired) electrons. The smallest absolute Gasteiger partial charge is 0.261 e. The van der Waals surface area contributed by atoms with Crippen molar-refractivity contribution in [1.82, 2.24) is 10.6 Å². The van der Waals surface area contributed by atoms with Crippen LogP contribution >= 0.6 is 22.9 Å². The summed E-state index contributed by atoms with van der Waals surface area (Å²) in [5.41, 5.74) is 0.796.